The minimum atomic E-state index is -1.02. The molecule has 1 aliphatic carbocycles. The molecule has 0 saturated heterocycles. The van der Waals surface area contributed by atoms with Crippen molar-refractivity contribution in [2.75, 3.05) is 7.11 Å². The van der Waals surface area contributed by atoms with E-state index in [0.29, 0.717) is 23.1 Å². The fourth-order valence-electron chi connectivity index (χ4n) is 3.45. The molecule has 0 fully saturated rings. The van der Waals surface area contributed by atoms with Gasteiger partial charge in [-0.2, -0.15) is 0 Å². The molecule has 0 unspecified atom stereocenters. The number of benzene rings is 2. The van der Waals surface area contributed by atoms with E-state index < -0.39 is 5.97 Å². The molecule has 2 aromatic carbocycles. The number of carboxylic acids is 1. The quantitative estimate of drug-likeness (QED) is 0.568. The van der Waals surface area contributed by atoms with Crippen LogP contribution in [0, 0.1) is 0 Å². The zero-order valence-electron chi connectivity index (χ0n) is 16.4. The first-order chi connectivity index (χ1) is 14.5. The highest BCUT2D eigenvalue weighted by atomic mass is 35.5. The van der Waals surface area contributed by atoms with Crippen molar-refractivity contribution >= 4 is 29.2 Å². The lowest BCUT2D eigenvalue weighted by Crippen LogP contribution is -2.02. The Morgan fingerprint density at radius 1 is 1.10 bits per heavy atom. The van der Waals surface area contributed by atoms with Crippen LogP contribution in [0.3, 0.4) is 0 Å². The van der Waals surface area contributed by atoms with Crippen LogP contribution in [0.4, 0.5) is 0 Å². The molecule has 3 aromatic rings. The average molecular weight is 422 g/mol. The van der Waals surface area contributed by atoms with E-state index in [1.165, 1.54) is 0 Å². The second kappa shape index (κ2) is 8.59. The maximum atomic E-state index is 11.2. The van der Waals surface area contributed by atoms with Gasteiger partial charge in [0.2, 0.25) is 0 Å². The monoisotopic (exact) mass is 421 g/mol. The molecule has 1 N–H and O–H groups in total. The first-order valence-electron chi connectivity index (χ1n) is 9.53. The van der Waals surface area contributed by atoms with Gasteiger partial charge in [0.1, 0.15) is 12.3 Å². The summed E-state index contributed by atoms with van der Waals surface area (Å²) in [6.07, 6.45) is 3.70. The molecule has 0 bridgehead atoms. The van der Waals surface area contributed by atoms with E-state index in [2.05, 4.69) is 4.98 Å². The van der Waals surface area contributed by atoms with Gasteiger partial charge in [-0.05, 0) is 71.5 Å². The number of hydrogen-bond acceptors (Lipinski definition) is 4. The smallest absolute Gasteiger partial charge is 0.354 e. The van der Waals surface area contributed by atoms with Gasteiger partial charge in [0.15, 0.2) is 11.5 Å². The third kappa shape index (κ3) is 4.31. The van der Waals surface area contributed by atoms with Crippen LogP contribution >= 0.6 is 11.6 Å². The summed E-state index contributed by atoms with van der Waals surface area (Å²) < 4.78 is 11.4. The summed E-state index contributed by atoms with van der Waals surface area (Å²) >= 11 is 5.92. The van der Waals surface area contributed by atoms with Crippen LogP contribution in [0.15, 0.2) is 54.6 Å². The zero-order chi connectivity index (χ0) is 21.1. The normalized spacial score (nSPS) is 13.9. The Kier molecular flexibility index (Phi) is 5.72. The van der Waals surface area contributed by atoms with Crippen molar-refractivity contribution in [1.29, 1.82) is 0 Å². The van der Waals surface area contributed by atoms with E-state index in [1.54, 1.807) is 13.2 Å². The third-order valence-corrected chi connectivity index (χ3v) is 5.25. The van der Waals surface area contributed by atoms with Crippen molar-refractivity contribution in [2.24, 2.45) is 0 Å². The number of pyridine rings is 1. The Balaban J connectivity index is 1.56. The number of methoxy groups -OCH3 is 1. The van der Waals surface area contributed by atoms with E-state index in [-0.39, 0.29) is 5.69 Å². The van der Waals surface area contributed by atoms with Gasteiger partial charge in [-0.25, -0.2) is 9.78 Å². The zero-order valence-corrected chi connectivity index (χ0v) is 17.1. The number of aromatic carboxylic acids is 1. The molecule has 0 amide bonds. The Morgan fingerprint density at radius 3 is 2.63 bits per heavy atom. The predicted molar refractivity (Wildman–Crippen MR) is 116 cm³/mol. The van der Waals surface area contributed by atoms with Gasteiger partial charge >= 0.3 is 5.97 Å². The lowest BCUT2D eigenvalue weighted by atomic mass is 10.1. The summed E-state index contributed by atoms with van der Waals surface area (Å²) in [5.74, 6) is 0.254. The number of carboxylic acid groups (broad SMARTS) is 1. The molecule has 0 spiro atoms. The molecule has 30 heavy (non-hydrogen) atoms. The summed E-state index contributed by atoms with van der Waals surface area (Å²) in [4.78, 5) is 15.6. The van der Waals surface area contributed by atoms with Crippen LogP contribution in [0.5, 0.6) is 11.5 Å². The second-order valence-electron chi connectivity index (χ2n) is 7.00. The topological polar surface area (TPSA) is 68.7 Å². The highest BCUT2D eigenvalue weighted by molar-refractivity contribution is 6.30. The summed E-state index contributed by atoms with van der Waals surface area (Å²) in [7, 11) is 1.60. The lowest BCUT2D eigenvalue weighted by Gasteiger charge is -2.12. The van der Waals surface area contributed by atoms with E-state index in [9.17, 15) is 9.90 Å². The SMILES string of the molecule is COc1cc(/C=C2/CCc3ccc(C(=O)O)nc32)ccc1OCc1ccc(Cl)cc1. The first-order valence-corrected chi connectivity index (χ1v) is 9.91. The van der Waals surface area contributed by atoms with E-state index in [0.717, 1.165) is 40.8 Å². The molecule has 5 nitrogen and oxygen atoms in total. The van der Waals surface area contributed by atoms with Gasteiger partial charge < -0.3 is 14.6 Å². The number of carbonyl (C=O) groups is 1. The van der Waals surface area contributed by atoms with Gasteiger partial charge in [-0.3, -0.25) is 0 Å². The number of aryl methyl sites for hydroxylation is 1. The van der Waals surface area contributed by atoms with Crippen molar-refractivity contribution in [3.8, 4) is 11.5 Å². The van der Waals surface area contributed by atoms with Gasteiger partial charge in [0, 0.05) is 5.02 Å². The number of rotatable bonds is 6. The Morgan fingerprint density at radius 2 is 1.90 bits per heavy atom. The number of hydrogen-bond donors (Lipinski definition) is 1. The number of ether oxygens (including phenoxy) is 2. The van der Waals surface area contributed by atoms with Crippen molar-refractivity contribution < 1.29 is 19.4 Å². The Labute approximate surface area is 179 Å². The van der Waals surface area contributed by atoms with E-state index >= 15 is 0 Å². The van der Waals surface area contributed by atoms with Gasteiger partial charge in [0.05, 0.1) is 12.8 Å². The van der Waals surface area contributed by atoms with Crippen LogP contribution in [0.25, 0.3) is 11.6 Å². The molecule has 0 saturated carbocycles. The molecule has 0 radical (unpaired) electrons. The maximum Gasteiger partial charge on any atom is 0.354 e. The molecular formula is C24H20ClNO4. The van der Waals surface area contributed by atoms with Crippen molar-refractivity contribution in [1.82, 2.24) is 4.98 Å². The summed E-state index contributed by atoms with van der Waals surface area (Å²) in [5, 5.41) is 9.91. The molecular weight excluding hydrogens is 402 g/mol. The average Bonchev–Trinajstić information content (AvgIpc) is 3.15. The maximum absolute atomic E-state index is 11.2. The highest BCUT2D eigenvalue weighted by Crippen LogP contribution is 2.35. The summed E-state index contributed by atoms with van der Waals surface area (Å²) in [5.41, 5.74) is 4.86. The fraction of sp³-hybridized carbons (Fsp3) is 0.167. The van der Waals surface area contributed by atoms with Crippen molar-refractivity contribution in [3.05, 3.63) is 87.7 Å². The first kappa shape index (κ1) is 20.0. The standard InChI is InChI=1S/C24H20ClNO4/c1-29-22-13-16(4-11-21(22)30-14-15-2-8-19(25)9-3-15)12-18-6-5-17-7-10-20(24(27)28)26-23(17)18/h2-4,7-13H,5-6,14H2,1H3,(H,27,28)/b18-12-. The van der Waals surface area contributed by atoms with E-state index in [1.807, 2.05) is 54.6 Å². The molecule has 0 atom stereocenters. The molecule has 152 valence electrons. The van der Waals surface area contributed by atoms with Gasteiger partial charge in [0.25, 0.3) is 0 Å². The molecule has 1 aromatic heterocycles. The van der Waals surface area contributed by atoms with Gasteiger partial charge in [-0.15, -0.1) is 0 Å². The van der Waals surface area contributed by atoms with Crippen LogP contribution in [-0.4, -0.2) is 23.2 Å². The predicted octanol–water partition coefficient (Wildman–Crippen LogP) is 5.51. The van der Waals surface area contributed by atoms with Crippen LogP contribution in [0.2, 0.25) is 5.02 Å². The molecule has 6 heteroatoms. The number of allylic oxidation sites excluding steroid dienone is 1. The third-order valence-electron chi connectivity index (χ3n) is 5.00. The summed E-state index contributed by atoms with van der Waals surface area (Å²) in [6.45, 7) is 0.406. The van der Waals surface area contributed by atoms with Crippen LogP contribution < -0.4 is 9.47 Å². The van der Waals surface area contributed by atoms with E-state index in [4.69, 9.17) is 21.1 Å². The Hall–Kier alpha value is -3.31. The van der Waals surface area contributed by atoms with Crippen molar-refractivity contribution in [2.45, 2.75) is 19.4 Å². The largest absolute Gasteiger partial charge is 0.493 e. The van der Waals surface area contributed by atoms with Crippen molar-refractivity contribution in [3.63, 3.8) is 0 Å². The minimum Gasteiger partial charge on any atom is -0.493 e. The molecule has 0 aliphatic heterocycles. The number of halogens is 1. The van der Waals surface area contributed by atoms with Gasteiger partial charge in [-0.1, -0.05) is 35.9 Å². The van der Waals surface area contributed by atoms with Crippen LogP contribution in [0.1, 0.15) is 39.3 Å². The highest BCUT2D eigenvalue weighted by Gasteiger charge is 2.20. The van der Waals surface area contributed by atoms with Crippen LogP contribution in [-0.2, 0) is 13.0 Å². The molecule has 1 aliphatic rings. The summed E-state index contributed by atoms with van der Waals surface area (Å²) in [6, 6.07) is 16.6. The Bertz CT molecular complexity index is 1120. The fourth-order valence-corrected chi connectivity index (χ4v) is 3.58. The second-order valence-corrected chi connectivity index (χ2v) is 7.44. The number of nitrogens with zero attached hydrogens (tertiary/aromatic N) is 1. The lowest BCUT2D eigenvalue weighted by molar-refractivity contribution is 0.0690. The molecule has 4 rings (SSSR count). The molecule has 1 heterocycles. The number of fused-ring (bicyclic) bond motifs is 1. The number of aromatic nitrogens is 1. The minimum absolute atomic E-state index is 0.0603.